The molecule has 0 amide bonds. The molecule has 2 heterocycles. The first kappa shape index (κ1) is 24.6. The average molecular weight is 573 g/mol. The lowest BCUT2D eigenvalue weighted by atomic mass is 10.0. The van der Waals surface area contributed by atoms with Gasteiger partial charge in [-0.25, -0.2) is 0 Å². The summed E-state index contributed by atoms with van der Waals surface area (Å²) in [7, 11) is 0. The molecule has 210 valence electrons. The first-order valence-corrected chi connectivity index (χ1v) is 15.7. The van der Waals surface area contributed by atoms with Crippen LogP contribution in [0.5, 0.6) is 0 Å². The minimum absolute atomic E-state index is 0.985. The fraction of sp³-hybridized carbons (Fsp3) is 0.0233. The predicted octanol–water partition coefficient (Wildman–Crippen LogP) is 11.1. The maximum atomic E-state index is 2.44. The summed E-state index contributed by atoms with van der Waals surface area (Å²) < 4.78 is 4.81. The zero-order valence-corrected chi connectivity index (χ0v) is 24.6. The second kappa shape index (κ2) is 9.32. The molecule has 0 aliphatic heterocycles. The lowest BCUT2D eigenvalue weighted by molar-refractivity contribution is 1.18. The molecule has 0 N–H and O–H groups in total. The van der Waals surface area contributed by atoms with Crippen LogP contribution in [0.4, 0.5) is 0 Å². The Balaban J connectivity index is 1.11. The van der Waals surface area contributed by atoms with Crippen LogP contribution in [-0.4, -0.2) is 9.13 Å². The van der Waals surface area contributed by atoms with Crippen LogP contribution in [-0.2, 0) is 6.42 Å². The van der Waals surface area contributed by atoms with Crippen LogP contribution in [0.25, 0.3) is 77.2 Å². The molecule has 0 atom stereocenters. The monoisotopic (exact) mass is 572 g/mol. The molecule has 2 nitrogen and oxygen atoms in total. The minimum atomic E-state index is 0.985. The van der Waals surface area contributed by atoms with Gasteiger partial charge in [0.1, 0.15) is 0 Å². The highest BCUT2D eigenvalue weighted by atomic mass is 15.0. The van der Waals surface area contributed by atoms with Crippen molar-refractivity contribution < 1.29 is 0 Å². The Morgan fingerprint density at radius 2 is 0.978 bits per heavy atom. The Kier molecular flexibility index (Phi) is 5.09. The summed E-state index contributed by atoms with van der Waals surface area (Å²) in [5.41, 5.74) is 15.4. The van der Waals surface area contributed by atoms with Gasteiger partial charge < -0.3 is 9.13 Å². The Labute approximate surface area is 261 Å². The molecule has 2 heteroatoms. The first-order chi connectivity index (χ1) is 22.3. The number of rotatable bonds is 3. The highest BCUT2D eigenvalue weighted by Crippen LogP contribution is 2.44. The van der Waals surface area contributed by atoms with E-state index < -0.39 is 0 Å². The van der Waals surface area contributed by atoms with Crippen molar-refractivity contribution in [3.63, 3.8) is 0 Å². The molecule has 1 aliphatic carbocycles. The quantitative estimate of drug-likeness (QED) is 0.199. The molecule has 0 bridgehead atoms. The molecular weight excluding hydrogens is 544 g/mol. The van der Waals surface area contributed by atoms with Gasteiger partial charge in [0.05, 0.1) is 22.1 Å². The van der Waals surface area contributed by atoms with Gasteiger partial charge in [0.2, 0.25) is 0 Å². The van der Waals surface area contributed by atoms with Crippen molar-refractivity contribution in [2.75, 3.05) is 0 Å². The van der Waals surface area contributed by atoms with Gasteiger partial charge in [-0.3, -0.25) is 0 Å². The first-order valence-electron chi connectivity index (χ1n) is 15.7. The van der Waals surface area contributed by atoms with Crippen molar-refractivity contribution in [2.45, 2.75) is 6.42 Å². The predicted molar refractivity (Wildman–Crippen MR) is 189 cm³/mol. The maximum absolute atomic E-state index is 2.44. The smallest absolute Gasteiger partial charge is 0.0544 e. The fourth-order valence-electron chi connectivity index (χ4n) is 7.78. The van der Waals surface area contributed by atoms with Crippen molar-refractivity contribution in [3.8, 4) is 33.6 Å². The SMILES string of the molecule is c1ccc(-n2c3ccccc3c3cc(-c4ccc(-n5c6ccccc6c6c7c(ccc65)-c5ccccc5C7)cc4)ccc32)cc1. The average Bonchev–Trinajstić information content (AvgIpc) is 3.76. The maximum Gasteiger partial charge on any atom is 0.0544 e. The van der Waals surface area contributed by atoms with Crippen molar-refractivity contribution in [3.05, 3.63) is 169 Å². The summed E-state index contributed by atoms with van der Waals surface area (Å²) in [5, 5.41) is 5.24. The lowest BCUT2D eigenvalue weighted by Crippen LogP contribution is -1.94. The second-order valence-corrected chi connectivity index (χ2v) is 12.1. The minimum Gasteiger partial charge on any atom is -0.309 e. The van der Waals surface area contributed by atoms with E-state index in [0.29, 0.717) is 0 Å². The number of fused-ring (bicyclic) bond motifs is 10. The highest BCUT2D eigenvalue weighted by molar-refractivity contribution is 6.14. The highest BCUT2D eigenvalue weighted by Gasteiger charge is 2.24. The van der Waals surface area contributed by atoms with E-state index in [2.05, 4.69) is 167 Å². The molecule has 0 fully saturated rings. The van der Waals surface area contributed by atoms with Gasteiger partial charge in [-0.15, -0.1) is 0 Å². The van der Waals surface area contributed by atoms with Gasteiger partial charge in [0.15, 0.2) is 0 Å². The summed E-state index contributed by atoms with van der Waals surface area (Å²) >= 11 is 0. The van der Waals surface area contributed by atoms with Crippen LogP contribution in [0.3, 0.4) is 0 Å². The number of nitrogens with zero attached hydrogens (tertiary/aromatic N) is 2. The summed E-state index contributed by atoms with van der Waals surface area (Å²) in [6.45, 7) is 0. The molecule has 10 rings (SSSR count). The van der Waals surface area contributed by atoms with Crippen LogP contribution in [0.2, 0.25) is 0 Å². The molecule has 45 heavy (non-hydrogen) atoms. The molecule has 9 aromatic rings. The summed E-state index contributed by atoms with van der Waals surface area (Å²) in [5.74, 6) is 0. The van der Waals surface area contributed by atoms with Gasteiger partial charge in [0, 0.05) is 32.9 Å². The van der Waals surface area contributed by atoms with Crippen molar-refractivity contribution in [1.82, 2.24) is 9.13 Å². The Bertz CT molecular complexity index is 2600. The lowest BCUT2D eigenvalue weighted by Gasteiger charge is -2.11. The molecule has 0 radical (unpaired) electrons. The Hall–Kier alpha value is -5.86. The van der Waals surface area contributed by atoms with E-state index >= 15 is 0 Å². The molecule has 0 unspecified atom stereocenters. The van der Waals surface area contributed by atoms with E-state index in [-0.39, 0.29) is 0 Å². The Morgan fingerprint density at radius 3 is 1.82 bits per heavy atom. The van der Waals surface area contributed by atoms with Crippen LogP contribution >= 0.6 is 0 Å². The number of benzene rings is 7. The second-order valence-electron chi connectivity index (χ2n) is 12.1. The topological polar surface area (TPSA) is 9.86 Å². The van der Waals surface area contributed by atoms with Crippen LogP contribution < -0.4 is 0 Å². The van der Waals surface area contributed by atoms with E-state index in [9.17, 15) is 0 Å². The number of hydrogen-bond acceptors (Lipinski definition) is 0. The normalized spacial score (nSPS) is 12.4. The van der Waals surface area contributed by atoms with Gasteiger partial charge in [-0.1, -0.05) is 103 Å². The van der Waals surface area contributed by atoms with Crippen molar-refractivity contribution in [1.29, 1.82) is 0 Å². The molecule has 0 saturated carbocycles. The summed E-state index contributed by atoms with van der Waals surface area (Å²) in [6.07, 6.45) is 0.985. The van der Waals surface area contributed by atoms with Gasteiger partial charge in [-0.05, 0) is 94.4 Å². The molecule has 0 saturated heterocycles. The third kappa shape index (κ3) is 3.51. The summed E-state index contributed by atoms with van der Waals surface area (Å²) in [6, 6.07) is 57.7. The standard InChI is InChI=1S/C43H28N2/c1-2-11-31(12-3-1)44-39-16-8-6-14-35(39)37-26-29(20-24-41(37)44)28-18-21-32(22-19-28)45-40-17-9-7-15-36(40)43-38-27-30-10-4-5-13-33(30)34(38)23-25-42(43)45/h1-26H,27H2. The van der Waals surface area contributed by atoms with Gasteiger partial charge in [-0.2, -0.15) is 0 Å². The van der Waals surface area contributed by atoms with Crippen LogP contribution in [0, 0.1) is 0 Å². The largest absolute Gasteiger partial charge is 0.309 e. The molecule has 7 aromatic carbocycles. The number of para-hydroxylation sites is 3. The Morgan fingerprint density at radius 1 is 0.378 bits per heavy atom. The van der Waals surface area contributed by atoms with E-state index in [1.54, 1.807) is 0 Å². The third-order valence-corrected chi connectivity index (χ3v) is 9.77. The van der Waals surface area contributed by atoms with Crippen LogP contribution in [0.15, 0.2) is 158 Å². The summed E-state index contributed by atoms with van der Waals surface area (Å²) in [4.78, 5) is 0. The van der Waals surface area contributed by atoms with E-state index in [1.807, 2.05) is 0 Å². The zero-order chi connectivity index (χ0) is 29.5. The zero-order valence-electron chi connectivity index (χ0n) is 24.6. The van der Waals surface area contributed by atoms with E-state index in [4.69, 9.17) is 0 Å². The number of hydrogen-bond donors (Lipinski definition) is 0. The molecule has 0 spiro atoms. The van der Waals surface area contributed by atoms with Crippen molar-refractivity contribution >= 4 is 43.6 Å². The van der Waals surface area contributed by atoms with Crippen LogP contribution in [0.1, 0.15) is 11.1 Å². The van der Waals surface area contributed by atoms with Crippen molar-refractivity contribution in [2.24, 2.45) is 0 Å². The third-order valence-electron chi connectivity index (χ3n) is 9.77. The molecule has 1 aliphatic rings. The molecule has 2 aromatic heterocycles. The molecular formula is C43H28N2. The van der Waals surface area contributed by atoms with Gasteiger partial charge in [0.25, 0.3) is 0 Å². The van der Waals surface area contributed by atoms with E-state index in [0.717, 1.165) is 6.42 Å². The van der Waals surface area contributed by atoms with Gasteiger partial charge >= 0.3 is 0 Å². The number of aromatic nitrogens is 2. The fourth-order valence-corrected chi connectivity index (χ4v) is 7.78. The van der Waals surface area contributed by atoms with E-state index in [1.165, 1.54) is 88.4 Å².